The predicted molar refractivity (Wildman–Crippen MR) is 100 cm³/mol. The Bertz CT molecular complexity index is 983. The van der Waals surface area contributed by atoms with Crippen molar-refractivity contribution in [3.63, 3.8) is 0 Å². The minimum absolute atomic E-state index is 0.275. The normalized spacial score (nSPS) is 11.4. The fourth-order valence-electron chi connectivity index (χ4n) is 2.59. The lowest BCUT2D eigenvalue weighted by Gasteiger charge is -2.13. The molecule has 1 heterocycles. The van der Waals surface area contributed by atoms with Crippen molar-refractivity contribution in [2.75, 3.05) is 5.32 Å². The van der Waals surface area contributed by atoms with E-state index in [-0.39, 0.29) is 11.6 Å². The van der Waals surface area contributed by atoms with Crippen LogP contribution in [0.3, 0.4) is 0 Å². The zero-order valence-electron chi connectivity index (χ0n) is 14.0. The second kappa shape index (κ2) is 7.77. The smallest absolute Gasteiger partial charge is 0.274 e. The van der Waals surface area contributed by atoms with Gasteiger partial charge in [-0.15, -0.1) is 0 Å². The maximum Gasteiger partial charge on any atom is 0.274 e. The number of nitriles is 1. The van der Waals surface area contributed by atoms with E-state index in [2.05, 4.69) is 21.4 Å². The van der Waals surface area contributed by atoms with Crippen molar-refractivity contribution >= 4 is 23.2 Å². The molecule has 0 saturated carbocycles. The van der Waals surface area contributed by atoms with Gasteiger partial charge in [-0.1, -0.05) is 48.0 Å². The highest BCUT2D eigenvalue weighted by molar-refractivity contribution is 6.31. The number of amides is 1. The number of carbonyl (C=O) groups excluding carboxylic acids is 1. The third-order valence-electron chi connectivity index (χ3n) is 3.84. The highest BCUT2D eigenvalue weighted by atomic mass is 35.5. The van der Waals surface area contributed by atoms with Crippen molar-refractivity contribution in [1.82, 2.24) is 9.97 Å². The molecule has 1 atom stereocenters. The van der Waals surface area contributed by atoms with Gasteiger partial charge >= 0.3 is 0 Å². The van der Waals surface area contributed by atoms with Crippen molar-refractivity contribution in [3.8, 4) is 6.07 Å². The fraction of sp³-hybridized carbons (Fsp3) is 0.100. The van der Waals surface area contributed by atoms with Gasteiger partial charge in [0.1, 0.15) is 11.5 Å². The van der Waals surface area contributed by atoms with Gasteiger partial charge < -0.3 is 5.32 Å². The van der Waals surface area contributed by atoms with Crippen LogP contribution in [0.5, 0.6) is 0 Å². The Labute approximate surface area is 156 Å². The summed E-state index contributed by atoms with van der Waals surface area (Å²) < 4.78 is 0. The van der Waals surface area contributed by atoms with Crippen LogP contribution in [0.15, 0.2) is 60.8 Å². The first-order chi connectivity index (χ1) is 12.6. The first kappa shape index (κ1) is 17.6. The molecular weight excluding hydrogens is 348 g/mol. The Morgan fingerprint density at radius 1 is 1.19 bits per heavy atom. The van der Waals surface area contributed by atoms with Crippen LogP contribution in [0.25, 0.3) is 0 Å². The Morgan fingerprint density at radius 3 is 2.62 bits per heavy atom. The molecule has 0 radical (unpaired) electrons. The molecule has 0 aliphatic carbocycles. The molecule has 2 aromatic carbocycles. The molecule has 0 bridgehead atoms. The summed E-state index contributed by atoms with van der Waals surface area (Å²) in [6.07, 6.45) is 1.53. The van der Waals surface area contributed by atoms with E-state index in [1.54, 1.807) is 31.2 Å². The highest BCUT2D eigenvalue weighted by Gasteiger charge is 2.17. The molecule has 0 aliphatic heterocycles. The SMILES string of the molecule is Cc1nccc(C(=O)Nc2ccc([C@@H](C#N)c3ccccc3)c(Cl)c2)n1. The van der Waals surface area contributed by atoms with E-state index >= 15 is 0 Å². The Hall–Kier alpha value is -3.23. The second-order valence-electron chi connectivity index (χ2n) is 5.65. The average molecular weight is 363 g/mol. The first-order valence-electron chi connectivity index (χ1n) is 7.93. The Morgan fingerprint density at radius 2 is 1.96 bits per heavy atom. The molecule has 0 saturated heterocycles. The molecule has 6 heteroatoms. The van der Waals surface area contributed by atoms with Gasteiger partial charge in [0.2, 0.25) is 0 Å². The minimum Gasteiger partial charge on any atom is -0.321 e. The fourth-order valence-corrected chi connectivity index (χ4v) is 2.88. The number of nitrogens with zero attached hydrogens (tertiary/aromatic N) is 3. The summed E-state index contributed by atoms with van der Waals surface area (Å²) in [7, 11) is 0. The molecule has 1 amide bonds. The summed E-state index contributed by atoms with van der Waals surface area (Å²) in [4.78, 5) is 20.3. The first-order valence-corrected chi connectivity index (χ1v) is 8.31. The number of hydrogen-bond donors (Lipinski definition) is 1. The molecule has 0 unspecified atom stereocenters. The number of aromatic nitrogens is 2. The maximum atomic E-state index is 12.3. The van der Waals surface area contributed by atoms with E-state index in [9.17, 15) is 10.1 Å². The average Bonchev–Trinajstić information content (AvgIpc) is 2.65. The van der Waals surface area contributed by atoms with Gasteiger partial charge in [-0.25, -0.2) is 9.97 Å². The van der Waals surface area contributed by atoms with Crippen LogP contribution in [-0.2, 0) is 0 Å². The molecule has 3 aromatic rings. The lowest BCUT2D eigenvalue weighted by Crippen LogP contribution is -2.14. The number of nitrogens with one attached hydrogen (secondary N) is 1. The van der Waals surface area contributed by atoms with Crippen LogP contribution in [-0.4, -0.2) is 15.9 Å². The highest BCUT2D eigenvalue weighted by Crippen LogP contribution is 2.31. The van der Waals surface area contributed by atoms with Gasteiger partial charge in [-0.05, 0) is 36.2 Å². The number of benzene rings is 2. The zero-order chi connectivity index (χ0) is 18.5. The van der Waals surface area contributed by atoms with Crippen LogP contribution >= 0.6 is 11.6 Å². The van der Waals surface area contributed by atoms with E-state index in [0.717, 1.165) is 5.56 Å². The van der Waals surface area contributed by atoms with Gasteiger partial charge in [-0.3, -0.25) is 4.79 Å². The largest absolute Gasteiger partial charge is 0.321 e. The maximum absolute atomic E-state index is 12.3. The molecule has 0 spiro atoms. The monoisotopic (exact) mass is 362 g/mol. The minimum atomic E-state index is -0.474. The lowest BCUT2D eigenvalue weighted by molar-refractivity contribution is 0.102. The van der Waals surface area contributed by atoms with Crippen LogP contribution in [0.4, 0.5) is 5.69 Å². The molecular formula is C20H15ClN4O. The van der Waals surface area contributed by atoms with Gasteiger partial charge in [0.05, 0.1) is 12.0 Å². The van der Waals surface area contributed by atoms with Crippen LogP contribution < -0.4 is 5.32 Å². The summed E-state index contributed by atoms with van der Waals surface area (Å²) in [6.45, 7) is 1.72. The Kier molecular flexibility index (Phi) is 5.26. The van der Waals surface area contributed by atoms with Crippen molar-refractivity contribution in [2.45, 2.75) is 12.8 Å². The lowest BCUT2D eigenvalue weighted by atomic mass is 9.92. The van der Waals surface area contributed by atoms with E-state index in [1.807, 2.05) is 30.3 Å². The molecule has 5 nitrogen and oxygen atoms in total. The number of rotatable bonds is 4. The van der Waals surface area contributed by atoms with Gasteiger partial charge in [0.25, 0.3) is 5.91 Å². The molecule has 26 heavy (non-hydrogen) atoms. The van der Waals surface area contributed by atoms with Gasteiger partial charge in [0.15, 0.2) is 0 Å². The quantitative estimate of drug-likeness (QED) is 0.748. The summed E-state index contributed by atoms with van der Waals surface area (Å²) in [6, 6.07) is 18.4. The van der Waals surface area contributed by atoms with Crippen LogP contribution in [0, 0.1) is 18.3 Å². The van der Waals surface area contributed by atoms with Crippen LogP contribution in [0.2, 0.25) is 5.02 Å². The van der Waals surface area contributed by atoms with Gasteiger partial charge in [-0.2, -0.15) is 5.26 Å². The predicted octanol–water partition coefficient (Wildman–Crippen LogP) is 4.35. The van der Waals surface area contributed by atoms with E-state index in [0.29, 0.717) is 22.1 Å². The summed E-state index contributed by atoms with van der Waals surface area (Å²) >= 11 is 6.38. The van der Waals surface area contributed by atoms with Crippen molar-refractivity contribution in [1.29, 1.82) is 5.26 Å². The van der Waals surface area contributed by atoms with Crippen molar-refractivity contribution in [3.05, 3.63) is 88.5 Å². The number of hydrogen-bond acceptors (Lipinski definition) is 4. The Balaban J connectivity index is 1.83. The second-order valence-corrected chi connectivity index (χ2v) is 6.06. The number of aryl methyl sites for hydroxylation is 1. The van der Waals surface area contributed by atoms with Crippen molar-refractivity contribution < 1.29 is 4.79 Å². The van der Waals surface area contributed by atoms with E-state index in [4.69, 9.17) is 11.6 Å². The molecule has 1 N–H and O–H groups in total. The molecule has 0 aliphatic rings. The third-order valence-corrected chi connectivity index (χ3v) is 4.17. The standard InChI is InChI=1S/C20H15ClN4O/c1-13-23-10-9-19(24-13)20(26)25-15-7-8-16(18(21)11-15)17(12-22)14-5-3-2-4-6-14/h2-11,17H,1H3,(H,25,26)/t17-/m0/s1. The number of halogens is 1. The van der Waals surface area contributed by atoms with Crippen molar-refractivity contribution in [2.24, 2.45) is 0 Å². The number of anilines is 1. The number of carbonyl (C=O) groups is 1. The molecule has 1 aromatic heterocycles. The van der Waals surface area contributed by atoms with Gasteiger partial charge in [0, 0.05) is 16.9 Å². The summed E-state index contributed by atoms with van der Waals surface area (Å²) in [5.74, 6) is -0.303. The molecule has 0 fully saturated rings. The summed E-state index contributed by atoms with van der Waals surface area (Å²) in [5.41, 5.74) is 2.36. The third kappa shape index (κ3) is 3.88. The zero-order valence-corrected chi connectivity index (χ0v) is 14.7. The summed E-state index contributed by atoms with van der Waals surface area (Å²) in [5, 5.41) is 12.7. The van der Waals surface area contributed by atoms with E-state index < -0.39 is 5.92 Å². The molecule has 3 rings (SSSR count). The molecule has 128 valence electrons. The van der Waals surface area contributed by atoms with E-state index in [1.165, 1.54) is 6.20 Å². The topological polar surface area (TPSA) is 78.7 Å². The van der Waals surface area contributed by atoms with Crippen LogP contribution in [0.1, 0.15) is 33.4 Å².